The van der Waals surface area contributed by atoms with Crippen LogP contribution >= 0.6 is 0 Å². The highest BCUT2D eigenvalue weighted by Gasteiger charge is 2.06. The highest BCUT2D eigenvalue weighted by molar-refractivity contribution is 5.72. The van der Waals surface area contributed by atoms with E-state index >= 15 is 0 Å². The zero-order valence-corrected chi connectivity index (χ0v) is 8.21. The molecule has 2 aromatic heterocycles. The lowest BCUT2D eigenvalue weighted by molar-refractivity contribution is 0.343. The zero-order chi connectivity index (χ0) is 11.5. The largest absolute Gasteiger partial charge is 0.392 e. The number of imidazole rings is 1. The molecule has 0 saturated carbocycles. The smallest absolute Gasteiger partial charge is 0.280 e. The Morgan fingerprint density at radius 1 is 1.69 bits per heavy atom. The summed E-state index contributed by atoms with van der Waals surface area (Å²) in [6.45, 7) is -0.112. The number of rotatable bonds is 2. The van der Waals surface area contributed by atoms with Gasteiger partial charge in [-0.15, -0.1) is 5.73 Å². The van der Waals surface area contributed by atoms with E-state index in [0.717, 1.165) is 0 Å². The average molecular weight is 219 g/mol. The third-order valence-corrected chi connectivity index (χ3v) is 1.87. The number of nitrogen functional groups attached to an aromatic ring is 1. The number of hydrogen-bond donors (Lipinski definition) is 3. The van der Waals surface area contributed by atoms with Crippen molar-refractivity contribution in [1.29, 1.82) is 0 Å². The number of hydrogen-bond acceptors (Lipinski definition) is 5. The summed E-state index contributed by atoms with van der Waals surface area (Å²) in [6.07, 6.45) is 4.34. The van der Waals surface area contributed by atoms with Gasteiger partial charge in [-0.25, -0.2) is 4.98 Å². The van der Waals surface area contributed by atoms with Crippen LogP contribution in [-0.4, -0.2) is 31.2 Å². The summed E-state index contributed by atoms with van der Waals surface area (Å²) in [5.41, 5.74) is 8.28. The van der Waals surface area contributed by atoms with Gasteiger partial charge in [-0.3, -0.25) is 14.3 Å². The summed E-state index contributed by atoms with van der Waals surface area (Å²) in [5.74, 6) is 0.0267. The second kappa shape index (κ2) is 4.01. The van der Waals surface area contributed by atoms with Gasteiger partial charge in [-0.2, -0.15) is 4.98 Å². The minimum atomic E-state index is -0.388. The van der Waals surface area contributed by atoms with Crippen molar-refractivity contribution in [2.75, 3.05) is 12.3 Å². The first-order valence-corrected chi connectivity index (χ1v) is 4.46. The minimum Gasteiger partial charge on any atom is -0.392 e. The first kappa shape index (κ1) is 10.2. The first-order valence-electron chi connectivity index (χ1n) is 4.46. The van der Waals surface area contributed by atoms with Gasteiger partial charge in [0.25, 0.3) is 5.56 Å². The van der Waals surface area contributed by atoms with Gasteiger partial charge in [-0.1, -0.05) is 0 Å². The molecule has 0 unspecified atom stereocenters. The van der Waals surface area contributed by atoms with Crippen molar-refractivity contribution in [3.8, 4) is 0 Å². The quantitative estimate of drug-likeness (QED) is 0.579. The van der Waals surface area contributed by atoms with Gasteiger partial charge in [0.2, 0.25) is 5.95 Å². The molecule has 7 nitrogen and oxygen atoms in total. The maximum atomic E-state index is 11.4. The predicted molar refractivity (Wildman–Crippen MR) is 58.5 cm³/mol. The van der Waals surface area contributed by atoms with Crippen molar-refractivity contribution in [1.82, 2.24) is 19.5 Å². The average Bonchev–Trinajstić information content (AvgIpc) is 2.62. The van der Waals surface area contributed by atoms with E-state index in [9.17, 15) is 4.79 Å². The molecule has 0 atom stereocenters. The number of nitrogens with one attached hydrogen (secondary N) is 1. The van der Waals surface area contributed by atoms with Crippen molar-refractivity contribution in [3.63, 3.8) is 0 Å². The molecule has 16 heavy (non-hydrogen) atoms. The van der Waals surface area contributed by atoms with Gasteiger partial charge >= 0.3 is 0 Å². The molecule has 0 aromatic carbocycles. The molecule has 0 fully saturated rings. The molecule has 7 heteroatoms. The SMILES string of the molecule is Nc1nc2c(ncn2C=C=CCO)c(=O)[nH]1. The topological polar surface area (TPSA) is 110 Å². The Morgan fingerprint density at radius 2 is 2.50 bits per heavy atom. The van der Waals surface area contributed by atoms with Crippen LogP contribution in [0.3, 0.4) is 0 Å². The molecule has 0 aliphatic heterocycles. The molecule has 0 amide bonds. The van der Waals surface area contributed by atoms with Gasteiger partial charge in [-0.05, 0) is 6.08 Å². The maximum absolute atomic E-state index is 11.4. The summed E-state index contributed by atoms with van der Waals surface area (Å²) >= 11 is 0. The number of fused-ring (bicyclic) bond motifs is 1. The molecule has 0 aliphatic carbocycles. The Balaban J connectivity index is 2.65. The van der Waals surface area contributed by atoms with Crippen molar-refractivity contribution >= 4 is 23.3 Å². The Hall–Kier alpha value is -2.37. The van der Waals surface area contributed by atoms with Crippen LogP contribution in [0, 0.1) is 0 Å². The van der Waals surface area contributed by atoms with E-state index in [0.29, 0.717) is 5.65 Å². The number of nitrogens with zero attached hydrogens (tertiary/aromatic N) is 3. The summed E-state index contributed by atoms with van der Waals surface area (Å²) in [4.78, 5) is 21.6. The van der Waals surface area contributed by atoms with Gasteiger partial charge < -0.3 is 10.8 Å². The van der Waals surface area contributed by atoms with Crippen LogP contribution in [0.2, 0.25) is 0 Å². The molecular weight excluding hydrogens is 210 g/mol. The molecule has 2 heterocycles. The first-order chi connectivity index (χ1) is 7.72. The molecule has 0 bridgehead atoms. The number of aromatic nitrogens is 4. The van der Waals surface area contributed by atoms with Gasteiger partial charge in [0.1, 0.15) is 6.33 Å². The van der Waals surface area contributed by atoms with Gasteiger partial charge in [0.15, 0.2) is 11.2 Å². The highest BCUT2D eigenvalue weighted by atomic mass is 16.2. The van der Waals surface area contributed by atoms with Crippen LogP contribution < -0.4 is 11.3 Å². The molecule has 0 saturated heterocycles. The molecule has 0 aliphatic rings. The lowest BCUT2D eigenvalue weighted by atomic mass is 10.5. The van der Waals surface area contributed by atoms with Gasteiger partial charge in [0, 0.05) is 0 Å². The van der Waals surface area contributed by atoms with Crippen molar-refractivity contribution in [2.24, 2.45) is 0 Å². The predicted octanol–water partition coefficient (Wildman–Crippen LogP) is -0.680. The molecule has 2 rings (SSSR count). The van der Waals surface area contributed by atoms with Crippen molar-refractivity contribution in [3.05, 3.63) is 28.5 Å². The molecule has 0 spiro atoms. The molecule has 82 valence electrons. The Labute approximate surface area is 89.6 Å². The van der Waals surface area contributed by atoms with E-state index in [2.05, 4.69) is 20.7 Å². The monoisotopic (exact) mass is 219 g/mol. The van der Waals surface area contributed by atoms with E-state index in [4.69, 9.17) is 10.8 Å². The fourth-order valence-corrected chi connectivity index (χ4v) is 1.22. The number of anilines is 1. The third-order valence-electron chi connectivity index (χ3n) is 1.87. The Kier molecular flexibility index (Phi) is 2.55. The van der Waals surface area contributed by atoms with Crippen LogP contribution in [0.25, 0.3) is 17.4 Å². The fourth-order valence-electron chi connectivity index (χ4n) is 1.22. The lowest BCUT2D eigenvalue weighted by Crippen LogP contribution is -2.11. The van der Waals surface area contributed by atoms with Crippen LogP contribution in [0.15, 0.2) is 22.9 Å². The fraction of sp³-hybridized carbons (Fsp3) is 0.111. The highest BCUT2D eigenvalue weighted by Crippen LogP contribution is 2.05. The standard InChI is InChI=1S/C9H9N5O2/c10-9-12-7-6(8(16)13-9)11-5-14(7)3-1-2-4-15/h2-3,5,15H,4H2,(H3,10,12,13,16). The van der Waals surface area contributed by atoms with Crippen molar-refractivity contribution in [2.45, 2.75) is 0 Å². The Bertz CT molecular complexity index is 633. The second-order valence-corrected chi connectivity index (χ2v) is 2.96. The van der Waals surface area contributed by atoms with E-state index in [1.54, 1.807) is 0 Å². The summed E-state index contributed by atoms with van der Waals surface area (Å²) in [5, 5.41) is 8.54. The zero-order valence-electron chi connectivity index (χ0n) is 8.21. The summed E-state index contributed by atoms with van der Waals surface area (Å²) in [6, 6.07) is 0. The van der Waals surface area contributed by atoms with E-state index in [1.165, 1.54) is 23.2 Å². The lowest BCUT2D eigenvalue weighted by Gasteiger charge is -1.94. The van der Waals surface area contributed by atoms with Crippen LogP contribution in [0.1, 0.15) is 0 Å². The number of aliphatic hydroxyl groups excluding tert-OH is 1. The molecular formula is C9H9N5O2. The maximum Gasteiger partial charge on any atom is 0.280 e. The minimum absolute atomic E-state index is 0.0267. The molecule has 0 radical (unpaired) electrons. The number of nitrogens with two attached hydrogens (primary N) is 1. The molecule has 4 N–H and O–H groups in total. The van der Waals surface area contributed by atoms with Gasteiger partial charge in [0.05, 0.1) is 12.8 Å². The van der Waals surface area contributed by atoms with Crippen LogP contribution in [0.4, 0.5) is 5.95 Å². The normalized spacial score (nSPS) is 10.1. The van der Waals surface area contributed by atoms with Crippen LogP contribution in [0.5, 0.6) is 0 Å². The number of aromatic amines is 1. The number of aliphatic hydroxyl groups is 1. The third kappa shape index (κ3) is 1.72. The Morgan fingerprint density at radius 3 is 3.25 bits per heavy atom. The van der Waals surface area contributed by atoms with E-state index in [-0.39, 0.29) is 23.6 Å². The second-order valence-electron chi connectivity index (χ2n) is 2.96. The molecule has 2 aromatic rings. The van der Waals surface area contributed by atoms with E-state index in [1.807, 2.05) is 0 Å². The number of H-pyrrole nitrogens is 1. The van der Waals surface area contributed by atoms with E-state index < -0.39 is 0 Å². The van der Waals surface area contributed by atoms with Crippen LogP contribution in [-0.2, 0) is 0 Å². The summed E-state index contributed by atoms with van der Waals surface area (Å²) < 4.78 is 1.49. The summed E-state index contributed by atoms with van der Waals surface area (Å²) in [7, 11) is 0. The van der Waals surface area contributed by atoms with Crippen molar-refractivity contribution < 1.29 is 5.11 Å².